The van der Waals surface area contributed by atoms with Gasteiger partial charge in [0.25, 0.3) is 5.91 Å². The topological polar surface area (TPSA) is 143 Å². The molecule has 5 rings (SSSR count). The second-order valence-corrected chi connectivity index (χ2v) is 12.6. The standard InChI is InChI=1S/C25H32N8O4S2/c1-3-37-23-15-26-13-20(29-23)22-14-28-25(38-22)24(34)30-21(16-33-10-8-32(2)9-11-33)19-12-17(6-7-27-19)31-39(35,36)18-4-5-18/h6-7,12-15,18,21H,3-5,8-11,16H2,1-2H3,(H,27,31)(H,30,34)/t21-/m1/s1. The average molecular weight is 573 g/mol. The molecule has 3 aromatic rings. The Balaban J connectivity index is 1.35. The normalized spacial score (nSPS) is 17.5. The minimum absolute atomic E-state index is 0.280. The molecule has 14 heteroatoms. The van der Waals surface area contributed by atoms with E-state index >= 15 is 0 Å². The van der Waals surface area contributed by atoms with Crippen LogP contribution in [0.2, 0.25) is 0 Å². The molecule has 1 aliphatic carbocycles. The van der Waals surface area contributed by atoms with Crippen LogP contribution in [0.3, 0.4) is 0 Å². The van der Waals surface area contributed by atoms with Gasteiger partial charge < -0.3 is 15.0 Å². The zero-order valence-electron chi connectivity index (χ0n) is 21.9. The number of rotatable bonds is 11. The van der Waals surface area contributed by atoms with E-state index in [1.165, 1.54) is 17.5 Å². The predicted molar refractivity (Wildman–Crippen MR) is 148 cm³/mol. The molecule has 1 atom stereocenters. The second kappa shape index (κ2) is 11.9. The summed E-state index contributed by atoms with van der Waals surface area (Å²) in [5.41, 5.74) is 1.59. The van der Waals surface area contributed by atoms with Crippen molar-refractivity contribution in [1.82, 2.24) is 35.1 Å². The average Bonchev–Trinajstić information content (AvgIpc) is 3.68. The first kappa shape index (κ1) is 27.4. The molecule has 208 valence electrons. The van der Waals surface area contributed by atoms with E-state index in [1.807, 2.05) is 6.92 Å². The first-order valence-electron chi connectivity index (χ1n) is 12.9. The van der Waals surface area contributed by atoms with Crippen molar-refractivity contribution < 1.29 is 17.9 Å². The summed E-state index contributed by atoms with van der Waals surface area (Å²) in [6.07, 6.45) is 7.65. The predicted octanol–water partition coefficient (Wildman–Crippen LogP) is 2.02. The maximum atomic E-state index is 13.4. The third kappa shape index (κ3) is 7.06. The maximum Gasteiger partial charge on any atom is 0.280 e. The van der Waals surface area contributed by atoms with E-state index < -0.39 is 16.1 Å². The van der Waals surface area contributed by atoms with Gasteiger partial charge in [0.05, 0.1) is 46.6 Å². The van der Waals surface area contributed by atoms with Crippen LogP contribution in [0.4, 0.5) is 5.69 Å². The number of nitrogens with zero attached hydrogens (tertiary/aromatic N) is 6. The van der Waals surface area contributed by atoms with E-state index in [4.69, 9.17) is 4.74 Å². The van der Waals surface area contributed by atoms with Crippen LogP contribution >= 0.6 is 11.3 Å². The zero-order chi connectivity index (χ0) is 27.4. The van der Waals surface area contributed by atoms with Gasteiger partial charge in [0.1, 0.15) is 5.69 Å². The molecule has 12 nitrogen and oxygen atoms in total. The molecule has 0 unspecified atom stereocenters. The second-order valence-electron chi connectivity index (χ2n) is 9.65. The summed E-state index contributed by atoms with van der Waals surface area (Å²) < 4.78 is 33.1. The summed E-state index contributed by atoms with van der Waals surface area (Å²) >= 11 is 1.21. The SMILES string of the molecule is CCOc1cncc(-c2cnc(C(=O)N[C@H](CN3CCN(C)CC3)c3cc(NS(=O)(=O)C4CC4)ccn3)s2)n1. The van der Waals surface area contributed by atoms with Crippen LogP contribution in [0.25, 0.3) is 10.6 Å². The molecule has 2 N–H and O–H groups in total. The van der Waals surface area contributed by atoms with E-state index in [0.29, 0.717) is 53.8 Å². The first-order valence-corrected chi connectivity index (χ1v) is 15.3. The Bertz CT molecular complexity index is 1400. The summed E-state index contributed by atoms with van der Waals surface area (Å²) in [6, 6.07) is 2.85. The molecular weight excluding hydrogens is 540 g/mol. The number of carbonyl (C=O) groups excluding carboxylic acids is 1. The number of amides is 1. The molecule has 1 aliphatic heterocycles. The van der Waals surface area contributed by atoms with Gasteiger partial charge in [0.15, 0.2) is 5.01 Å². The lowest BCUT2D eigenvalue weighted by molar-refractivity contribution is 0.0905. The van der Waals surface area contributed by atoms with Gasteiger partial charge in [-0.3, -0.25) is 24.4 Å². The molecule has 1 amide bonds. The van der Waals surface area contributed by atoms with Crippen molar-refractivity contribution in [2.45, 2.75) is 31.1 Å². The Labute approximate surface area is 231 Å². The van der Waals surface area contributed by atoms with Gasteiger partial charge in [-0.1, -0.05) is 0 Å². The number of hydrogen-bond acceptors (Lipinski definition) is 11. The lowest BCUT2D eigenvalue weighted by atomic mass is 10.1. The number of hydrogen-bond donors (Lipinski definition) is 2. The lowest BCUT2D eigenvalue weighted by Crippen LogP contribution is -2.48. The van der Waals surface area contributed by atoms with Crippen molar-refractivity contribution in [3.8, 4) is 16.5 Å². The number of aromatic nitrogens is 4. The van der Waals surface area contributed by atoms with Crippen LogP contribution in [0.5, 0.6) is 5.88 Å². The molecule has 1 saturated carbocycles. The highest BCUT2D eigenvalue weighted by Gasteiger charge is 2.36. The fraction of sp³-hybridized carbons (Fsp3) is 0.480. The molecule has 0 spiro atoms. The minimum Gasteiger partial charge on any atom is -0.477 e. The summed E-state index contributed by atoms with van der Waals surface area (Å²) in [5, 5.41) is 3.02. The Morgan fingerprint density at radius 3 is 2.72 bits per heavy atom. The number of thiazole rings is 1. The lowest BCUT2D eigenvalue weighted by Gasteiger charge is -2.34. The van der Waals surface area contributed by atoms with Crippen molar-refractivity contribution in [1.29, 1.82) is 0 Å². The van der Waals surface area contributed by atoms with Gasteiger partial charge in [-0.15, -0.1) is 11.3 Å². The minimum atomic E-state index is -3.42. The highest BCUT2D eigenvalue weighted by atomic mass is 32.2. The van der Waals surface area contributed by atoms with Crippen molar-refractivity contribution in [2.75, 3.05) is 51.1 Å². The fourth-order valence-corrected chi connectivity index (χ4v) is 6.38. The van der Waals surface area contributed by atoms with E-state index in [0.717, 1.165) is 26.2 Å². The van der Waals surface area contributed by atoms with Gasteiger partial charge in [0.2, 0.25) is 15.9 Å². The quantitative estimate of drug-likeness (QED) is 0.350. The fourth-order valence-electron chi connectivity index (χ4n) is 4.23. The molecule has 3 aromatic heterocycles. The van der Waals surface area contributed by atoms with Gasteiger partial charge in [-0.2, -0.15) is 0 Å². The Kier molecular flexibility index (Phi) is 8.35. The van der Waals surface area contributed by atoms with Crippen LogP contribution in [-0.2, 0) is 10.0 Å². The molecular formula is C25H32N8O4S2. The summed E-state index contributed by atoms with van der Waals surface area (Å²) in [6.45, 7) is 6.43. The van der Waals surface area contributed by atoms with Gasteiger partial charge in [-0.25, -0.2) is 18.4 Å². The summed E-state index contributed by atoms with van der Waals surface area (Å²) in [7, 11) is -1.34. The molecule has 1 saturated heterocycles. The Morgan fingerprint density at radius 1 is 1.18 bits per heavy atom. The first-order chi connectivity index (χ1) is 18.8. The van der Waals surface area contributed by atoms with Gasteiger partial charge in [-0.05, 0) is 38.9 Å². The molecule has 4 heterocycles. The van der Waals surface area contributed by atoms with Gasteiger partial charge in [0, 0.05) is 45.1 Å². The Morgan fingerprint density at radius 2 is 1.97 bits per heavy atom. The number of ether oxygens (including phenoxy) is 1. The number of carbonyl (C=O) groups is 1. The Hall–Kier alpha value is -3.20. The number of sulfonamides is 1. The largest absolute Gasteiger partial charge is 0.477 e. The van der Waals surface area contributed by atoms with Gasteiger partial charge >= 0.3 is 0 Å². The van der Waals surface area contributed by atoms with Crippen molar-refractivity contribution >= 4 is 33.0 Å². The van der Waals surface area contributed by atoms with E-state index in [9.17, 15) is 13.2 Å². The van der Waals surface area contributed by atoms with Crippen LogP contribution in [0.15, 0.2) is 36.9 Å². The van der Waals surface area contributed by atoms with Crippen molar-refractivity contribution in [2.24, 2.45) is 0 Å². The van der Waals surface area contributed by atoms with Crippen LogP contribution < -0.4 is 14.8 Å². The summed E-state index contributed by atoms with van der Waals surface area (Å²) in [4.78, 5) is 36.0. The van der Waals surface area contributed by atoms with E-state index in [-0.39, 0.29) is 16.2 Å². The van der Waals surface area contributed by atoms with E-state index in [2.05, 4.69) is 46.8 Å². The van der Waals surface area contributed by atoms with Crippen LogP contribution in [0, 0.1) is 0 Å². The monoisotopic (exact) mass is 572 g/mol. The molecule has 0 aromatic carbocycles. The van der Waals surface area contributed by atoms with Crippen LogP contribution in [0.1, 0.15) is 41.3 Å². The van der Waals surface area contributed by atoms with Crippen LogP contribution in [-0.4, -0.2) is 95.7 Å². The third-order valence-corrected chi connectivity index (χ3v) is 9.45. The number of nitrogens with one attached hydrogen (secondary N) is 2. The number of likely N-dealkylation sites (N-methyl/N-ethyl adjacent to an activating group) is 1. The highest BCUT2D eigenvalue weighted by molar-refractivity contribution is 7.93. The zero-order valence-corrected chi connectivity index (χ0v) is 23.5. The van der Waals surface area contributed by atoms with Crippen molar-refractivity contribution in [3.63, 3.8) is 0 Å². The maximum absolute atomic E-state index is 13.4. The molecule has 2 fully saturated rings. The van der Waals surface area contributed by atoms with Crippen molar-refractivity contribution in [3.05, 3.63) is 47.6 Å². The smallest absolute Gasteiger partial charge is 0.280 e. The molecule has 39 heavy (non-hydrogen) atoms. The highest BCUT2D eigenvalue weighted by Crippen LogP contribution is 2.30. The molecule has 0 radical (unpaired) electrons. The molecule has 0 bridgehead atoms. The molecule has 2 aliphatic rings. The number of anilines is 1. The number of pyridine rings is 1. The summed E-state index contributed by atoms with van der Waals surface area (Å²) in [5.74, 6) is 0.0648. The third-order valence-electron chi connectivity index (χ3n) is 6.56. The number of piperazine rings is 1. The van der Waals surface area contributed by atoms with E-state index in [1.54, 1.807) is 30.7 Å².